The van der Waals surface area contributed by atoms with Crippen molar-refractivity contribution in [3.05, 3.63) is 23.2 Å². The second-order valence-corrected chi connectivity index (χ2v) is 4.31. The van der Waals surface area contributed by atoms with Crippen molar-refractivity contribution < 1.29 is 14.3 Å². The maximum Gasteiger partial charge on any atom is 0.265 e. The summed E-state index contributed by atoms with van der Waals surface area (Å²) in [7, 11) is 1.56. The molecule has 18 heavy (non-hydrogen) atoms. The van der Waals surface area contributed by atoms with Crippen molar-refractivity contribution in [3.63, 3.8) is 0 Å². The highest BCUT2D eigenvalue weighted by Crippen LogP contribution is 2.34. The van der Waals surface area contributed by atoms with Gasteiger partial charge in [0.15, 0.2) is 6.61 Å². The third-order valence-electron chi connectivity index (χ3n) is 2.71. The van der Waals surface area contributed by atoms with Crippen LogP contribution in [0.25, 0.3) is 0 Å². The second kappa shape index (κ2) is 5.27. The number of anilines is 1. The maximum atomic E-state index is 11.8. The van der Waals surface area contributed by atoms with Crippen molar-refractivity contribution in [1.82, 2.24) is 5.32 Å². The summed E-state index contributed by atoms with van der Waals surface area (Å²) in [5, 5.41) is 3.05. The van der Waals surface area contributed by atoms with E-state index in [9.17, 15) is 9.59 Å². The molecule has 1 aliphatic rings. The molecule has 0 atom stereocenters. The number of nitrogens with zero attached hydrogens (tertiary/aromatic N) is 1. The van der Waals surface area contributed by atoms with Gasteiger partial charge in [-0.25, -0.2) is 0 Å². The van der Waals surface area contributed by atoms with Gasteiger partial charge in [-0.15, -0.1) is 0 Å². The predicted octanol–water partition coefficient (Wildman–Crippen LogP) is 1.20. The van der Waals surface area contributed by atoms with Gasteiger partial charge in [-0.3, -0.25) is 9.59 Å². The minimum absolute atomic E-state index is 0.0115. The lowest BCUT2D eigenvalue weighted by Crippen LogP contribution is -2.40. The number of hydrogen-bond acceptors (Lipinski definition) is 3. The Morgan fingerprint density at radius 2 is 2.33 bits per heavy atom. The first-order chi connectivity index (χ1) is 8.61. The van der Waals surface area contributed by atoms with Crippen LogP contribution in [-0.2, 0) is 9.59 Å². The molecule has 1 aromatic rings. The van der Waals surface area contributed by atoms with Crippen LogP contribution in [0.3, 0.4) is 0 Å². The summed E-state index contributed by atoms with van der Waals surface area (Å²) in [6.07, 6.45) is 0.244. The van der Waals surface area contributed by atoms with Gasteiger partial charge in [0.2, 0.25) is 5.91 Å². The zero-order valence-electron chi connectivity index (χ0n) is 9.90. The number of fused-ring (bicyclic) bond motifs is 1. The molecule has 2 amide bonds. The van der Waals surface area contributed by atoms with E-state index in [4.69, 9.17) is 16.3 Å². The molecule has 0 saturated carbocycles. The summed E-state index contributed by atoms with van der Waals surface area (Å²) in [6.45, 7) is 0.303. The predicted molar refractivity (Wildman–Crippen MR) is 68.0 cm³/mol. The zero-order valence-corrected chi connectivity index (χ0v) is 10.7. The van der Waals surface area contributed by atoms with Crippen LogP contribution >= 0.6 is 11.6 Å². The molecule has 0 radical (unpaired) electrons. The normalized spacial score (nSPS) is 13.9. The van der Waals surface area contributed by atoms with Crippen LogP contribution in [-0.4, -0.2) is 32.0 Å². The summed E-state index contributed by atoms with van der Waals surface area (Å²) in [5.74, 6) is 0.322. The van der Waals surface area contributed by atoms with Crippen LogP contribution in [0.5, 0.6) is 5.75 Å². The van der Waals surface area contributed by atoms with Crippen LogP contribution in [0.1, 0.15) is 6.42 Å². The van der Waals surface area contributed by atoms with Gasteiger partial charge in [-0.1, -0.05) is 11.6 Å². The van der Waals surface area contributed by atoms with Gasteiger partial charge in [0.05, 0.1) is 5.69 Å². The molecule has 0 fully saturated rings. The van der Waals surface area contributed by atoms with E-state index in [2.05, 4.69) is 5.32 Å². The van der Waals surface area contributed by atoms with Gasteiger partial charge in [0.1, 0.15) is 5.75 Å². The van der Waals surface area contributed by atoms with Crippen molar-refractivity contribution >= 4 is 29.1 Å². The largest absolute Gasteiger partial charge is 0.482 e. The zero-order chi connectivity index (χ0) is 13.1. The van der Waals surface area contributed by atoms with Crippen molar-refractivity contribution in [2.45, 2.75) is 6.42 Å². The molecule has 1 heterocycles. The minimum atomic E-state index is -0.173. The van der Waals surface area contributed by atoms with Crippen LogP contribution in [0.2, 0.25) is 5.02 Å². The molecule has 2 rings (SSSR count). The first-order valence-corrected chi connectivity index (χ1v) is 5.93. The van der Waals surface area contributed by atoms with Gasteiger partial charge >= 0.3 is 0 Å². The van der Waals surface area contributed by atoms with E-state index in [0.717, 1.165) is 0 Å². The molecular weight excluding hydrogens is 256 g/mol. The average Bonchev–Trinajstić information content (AvgIpc) is 2.37. The molecule has 0 saturated heterocycles. The van der Waals surface area contributed by atoms with E-state index in [0.29, 0.717) is 23.0 Å². The van der Waals surface area contributed by atoms with Crippen LogP contribution < -0.4 is 15.0 Å². The molecule has 0 aliphatic carbocycles. The van der Waals surface area contributed by atoms with Gasteiger partial charge in [-0.05, 0) is 18.2 Å². The van der Waals surface area contributed by atoms with E-state index in [-0.39, 0.29) is 24.8 Å². The van der Waals surface area contributed by atoms with Gasteiger partial charge in [0.25, 0.3) is 5.91 Å². The number of carbonyl (C=O) groups excluding carboxylic acids is 2. The van der Waals surface area contributed by atoms with E-state index in [1.165, 1.54) is 4.90 Å². The molecule has 96 valence electrons. The van der Waals surface area contributed by atoms with Crippen molar-refractivity contribution in [2.75, 3.05) is 25.1 Å². The third kappa shape index (κ3) is 2.56. The Labute approximate surface area is 110 Å². The summed E-state index contributed by atoms with van der Waals surface area (Å²) in [6, 6.07) is 5.09. The maximum absolute atomic E-state index is 11.8. The fourth-order valence-electron chi connectivity index (χ4n) is 1.76. The van der Waals surface area contributed by atoms with E-state index >= 15 is 0 Å². The highest BCUT2D eigenvalue weighted by atomic mass is 35.5. The smallest absolute Gasteiger partial charge is 0.265 e. The summed E-state index contributed by atoms with van der Waals surface area (Å²) >= 11 is 5.91. The fourth-order valence-corrected chi connectivity index (χ4v) is 1.93. The van der Waals surface area contributed by atoms with Gasteiger partial charge in [-0.2, -0.15) is 0 Å². The Morgan fingerprint density at radius 1 is 1.56 bits per heavy atom. The molecule has 5 nitrogen and oxygen atoms in total. The lowest BCUT2D eigenvalue weighted by Gasteiger charge is -2.29. The molecule has 1 aliphatic heterocycles. The SMILES string of the molecule is CNC(=O)CCN1C(=O)COc2ccc(Cl)cc21. The van der Waals surface area contributed by atoms with E-state index in [1.54, 1.807) is 25.2 Å². The Kier molecular flexibility index (Phi) is 3.72. The topological polar surface area (TPSA) is 58.6 Å². The van der Waals surface area contributed by atoms with Crippen LogP contribution in [0.15, 0.2) is 18.2 Å². The molecule has 1 N–H and O–H groups in total. The highest BCUT2D eigenvalue weighted by molar-refractivity contribution is 6.31. The first-order valence-electron chi connectivity index (χ1n) is 5.55. The molecule has 1 aromatic carbocycles. The number of amides is 2. The van der Waals surface area contributed by atoms with Gasteiger partial charge < -0.3 is 15.0 Å². The van der Waals surface area contributed by atoms with E-state index < -0.39 is 0 Å². The number of hydrogen-bond donors (Lipinski definition) is 1. The summed E-state index contributed by atoms with van der Waals surface area (Å²) < 4.78 is 5.30. The fraction of sp³-hybridized carbons (Fsp3) is 0.333. The summed E-state index contributed by atoms with van der Waals surface area (Å²) in [5.41, 5.74) is 0.614. The van der Waals surface area contributed by atoms with Crippen molar-refractivity contribution in [3.8, 4) is 5.75 Å². The van der Waals surface area contributed by atoms with Crippen LogP contribution in [0.4, 0.5) is 5.69 Å². The Morgan fingerprint density at radius 3 is 3.06 bits per heavy atom. The number of rotatable bonds is 3. The van der Waals surface area contributed by atoms with Crippen molar-refractivity contribution in [2.24, 2.45) is 0 Å². The van der Waals surface area contributed by atoms with Crippen LogP contribution in [0, 0.1) is 0 Å². The standard InChI is InChI=1S/C12H13ClN2O3/c1-14-11(16)4-5-15-9-6-8(13)2-3-10(9)18-7-12(15)17/h2-3,6H,4-5,7H2,1H3,(H,14,16). The monoisotopic (exact) mass is 268 g/mol. The quantitative estimate of drug-likeness (QED) is 0.896. The molecule has 0 spiro atoms. The Hall–Kier alpha value is -1.75. The number of nitrogens with one attached hydrogen (secondary N) is 1. The Bertz CT molecular complexity index is 490. The molecule has 0 bridgehead atoms. The lowest BCUT2D eigenvalue weighted by atomic mass is 10.2. The third-order valence-corrected chi connectivity index (χ3v) is 2.94. The molecule has 0 unspecified atom stereocenters. The summed E-state index contributed by atoms with van der Waals surface area (Å²) in [4.78, 5) is 24.6. The number of carbonyl (C=O) groups is 2. The highest BCUT2D eigenvalue weighted by Gasteiger charge is 2.25. The van der Waals surface area contributed by atoms with Gasteiger partial charge in [0, 0.05) is 25.0 Å². The molecule has 0 aromatic heterocycles. The average molecular weight is 269 g/mol. The van der Waals surface area contributed by atoms with Crippen molar-refractivity contribution in [1.29, 1.82) is 0 Å². The lowest BCUT2D eigenvalue weighted by molar-refractivity contribution is -0.122. The Balaban J connectivity index is 2.21. The number of ether oxygens (including phenoxy) is 1. The number of benzene rings is 1. The second-order valence-electron chi connectivity index (χ2n) is 3.87. The van der Waals surface area contributed by atoms with E-state index in [1.807, 2.05) is 0 Å². The first kappa shape index (κ1) is 12.7. The molecular formula is C12H13ClN2O3. The molecule has 6 heteroatoms. The number of halogens is 1. The minimum Gasteiger partial charge on any atom is -0.482 e.